The van der Waals surface area contributed by atoms with Crippen LogP contribution >= 0.6 is 0 Å². The van der Waals surface area contributed by atoms with E-state index in [9.17, 15) is 5.11 Å². The summed E-state index contributed by atoms with van der Waals surface area (Å²) in [4.78, 5) is 5.69. The summed E-state index contributed by atoms with van der Waals surface area (Å²) in [5.41, 5.74) is 2.54. The molecule has 16 heavy (non-hydrogen) atoms. The van der Waals surface area contributed by atoms with Gasteiger partial charge in [0.2, 0.25) is 0 Å². The quantitative estimate of drug-likeness (QED) is 0.656. The molecule has 5 atom stereocenters. The molecule has 92 valence electrons. The first kappa shape index (κ1) is 11.0. The third kappa shape index (κ3) is 1.51. The number of aliphatic hydroxyl groups excluding tert-OH is 1. The van der Waals surface area contributed by atoms with Crippen LogP contribution in [-0.4, -0.2) is 22.7 Å². The van der Waals surface area contributed by atoms with Gasteiger partial charge in [0.25, 0.3) is 0 Å². The van der Waals surface area contributed by atoms with Gasteiger partial charge in [0, 0.05) is 12.8 Å². The number of hydroxylamine groups is 1. The first-order valence-corrected chi connectivity index (χ1v) is 6.24. The summed E-state index contributed by atoms with van der Waals surface area (Å²) in [5.74, 6) is 0.957. The Bertz CT molecular complexity index is 307. The van der Waals surface area contributed by atoms with Gasteiger partial charge in [-0.15, -0.1) is 0 Å². The lowest BCUT2D eigenvalue weighted by atomic mass is 9.76. The van der Waals surface area contributed by atoms with Crippen LogP contribution in [0.4, 0.5) is 0 Å². The smallest absolute Gasteiger partial charge is 0.190 e. The Morgan fingerprint density at radius 1 is 1.31 bits per heavy atom. The number of fused-ring (bicyclic) bond motifs is 2. The van der Waals surface area contributed by atoms with Crippen molar-refractivity contribution in [3.63, 3.8) is 0 Å². The molecule has 3 fully saturated rings. The fourth-order valence-electron chi connectivity index (χ4n) is 3.72. The molecule has 2 saturated carbocycles. The van der Waals surface area contributed by atoms with Crippen molar-refractivity contribution in [2.75, 3.05) is 0 Å². The molecule has 1 heterocycles. The van der Waals surface area contributed by atoms with E-state index in [4.69, 9.17) is 9.57 Å². The van der Waals surface area contributed by atoms with E-state index in [1.54, 1.807) is 0 Å². The van der Waals surface area contributed by atoms with Gasteiger partial charge in [0.1, 0.15) is 5.72 Å². The number of nitrogens with one attached hydrogen (secondary N) is 1. The third-order valence-corrected chi connectivity index (χ3v) is 4.50. The minimum Gasteiger partial charge on any atom is -0.393 e. The van der Waals surface area contributed by atoms with Crippen molar-refractivity contribution in [2.24, 2.45) is 17.8 Å². The fraction of sp³-hybridized carbons (Fsp3) is 1.00. The van der Waals surface area contributed by atoms with Crippen molar-refractivity contribution in [1.29, 1.82) is 0 Å². The van der Waals surface area contributed by atoms with E-state index in [0.717, 1.165) is 19.3 Å². The van der Waals surface area contributed by atoms with Crippen LogP contribution in [-0.2, 0) is 9.57 Å². The first-order chi connectivity index (χ1) is 7.41. The Kier molecular flexibility index (Phi) is 2.19. The van der Waals surface area contributed by atoms with Crippen LogP contribution in [0.3, 0.4) is 0 Å². The molecule has 1 spiro atoms. The van der Waals surface area contributed by atoms with Crippen molar-refractivity contribution in [1.82, 2.24) is 5.48 Å². The Hall–Kier alpha value is -0.160. The zero-order valence-electron chi connectivity index (χ0n) is 10.2. The average Bonchev–Trinajstić information content (AvgIpc) is 2.52. The predicted octanol–water partition coefficient (Wildman–Crippen LogP) is 1.40. The number of rotatable bonds is 0. The SMILES string of the molecule is CC1C2CC(O)C1CC1(C2)ONC(C)(C)O1. The molecular weight excluding hydrogens is 206 g/mol. The molecule has 1 aliphatic heterocycles. The largest absolute Gasteiger partial charge is 0.393 e. The molecule has 0 aromatic heterocycles. The number of hydrogen-bond donors (Lipinski definition) is 2. The van der Waals surface area contributed by atoms with E-state index in [-0.39, 0.29) is 6.10 Å². The van der Waals surface area contributed by atoms with Crippen molar-refractivity contribution in [3.8, 4) is 0 Å². The summed E-state index contributed by atoms with van der Waals surface area (Å²) in [7, 11) is 0. The normalized spacial score (nSPS) is 54.8. The molecule has 2 N–H and O–H groups in total. The highest BCUT2D eigenvalue weighted by Crippen LogP contribution is 2.53. The molecule has 2 bridgehead atoms. The van der Waals surface area contributed by atoms with E-state index in [1.807, 2.05) is 13.8 Å². The summed E-state index contributed by atoms with van der Waals surface area (Å²) in [6.07, 6.45) is 2.44. The van der Waals surface area contributed by atoms with Gasteiger partial charge < -0.3 is 9.84 Å². The van der Waals surface area contributed by atoms with E-state index in [2.05, 4.69) is 12.4 Å². The van der Waals surface area contributed by atoms with Crippen LogP contribution in [0.25, 0.3) is 0 Å². The summed E-state index contributed by atoms with van der Waals surface area (Å²) < 4.78 is 6.01. The Morgan fingerprint density at radius 2 is 2.06 bits per heavy atom. The number of hydrogen-bond acceptors (Lipinski definition) is 4. The van der Waals surface area contributed by atoms with E-state index < -0.39 is 11.5 Å². The second-order valence-electron chi connectivity index (χ2n) is 6.22. The van der Waals surface area contributed by atoms with Crippen molar-refractivity contribution < 1.29 is 14.7 Å². The molecule has 0 radical (unpaired) electrons. The number of aliphatic hydroxyl groups is 1. The van der Waals surface area contributed by atoms with Gasteiger partial charge in [-0.2, -0.15) is 5.48 Å². The minimum absolute atomic E-state index is 0.171. The van der Waals surface area contributed by atoms with Gasteiger partial charge in [-0.25, -0.2) is 0 Å². The van der Waals surface area contributed by atoms with Crippen LogP contribution < -0.4 is 5.48 Å². The van der Waals surface area contributed by atoms with Crippen molar-refractivity contribution >= 4 is 0 Å². The van der Waals surface area contributed by atoms with Crippen LogP contribution in [0.1, 0.15) is 40.0 Å². The average molecular weight is 227 g/mol. The summed E-state index contributed by atoms with van der Waals surface area (Å²) in [6.45, 7) is 6.18. The maximum absolute atomic E-state index is 10.0. The second-order valence-corrected chi connectivity index (χ2v) is 6.22. The molecule has 3 rings (SSSR count). The molecule has 0 aromatic rings. The Morgan fingerprint density at radius 3 is 2.62 bits per heavy atom. The molecule has 0 aromatic carbocycles. The van der Waals surface area contributed by atoms with Gasteiger partial charge >= 0.3 is 0 Å². The van der Waals surface area contributed by atoms with Gasteiger partial charge in [-0.3, -0.25) is 4.84 Å². The van der Waals surface area contributed by atoms with E-state index in [1.165, 1.54) is 0 Å². The van der Waals surface area contributed by atoms with Crippen molar-refractivity contribution in [3.05, 3.63) is 0 Å². The molecule has 2 aliphatic carbocycles. The highest BCUT2D eigenvalue weighted by Gasteiger charge is 2.57. The maximum atomic E-state index is 10.0. The monoisotopic (exact) mass is 227 g/mol. The maximum Gasteiger partial charge on any atom is 0.190 e. The summed E-state index contributed by atoms with van der Waals surface area (Å²) >= 11 is 0. The zero-order chi connectivity index (χ0) is 11.6. The third-order valence-electron chi connectivity index (χ3n) is 4.50. The Labute approximate surface area is 96.3 Å². The predicted molar refractivity (Wildman–Crippen MR) is 58.1 cm³/mol. The molecule has 4 heteroatoms. The van der Waals surface area contributed by atoms with Gasteiger partial charge in [0.05, 0.1) is 6.10 Å². The molecule has 4 nitrogen and oxygen atoms in total. The molecule has 5 unspecified atom stereocenters. The molecular formula is C12H21NO3. The van der Waals surface area contributed by atoms with Gasteiger partial charge in [-0.1, -0.05) is 6.92 Å². The number of ether oxygens (including phenoxy) is 1. The van der Waals surface area contributed by atoms with Crippen LogP contribution in [0.2, 0.25) is 0 Å². The second kappa shape index (κ2) is 3.19. The van der Waals surface area contributed by atoms with Gasteiger partial charge in [-0.05, 0) is 38.0 Å². The highest BCUT2D eigenvalue weighted by molar-refractivity contribution is 5.00. The summed E-state index contributed by atoms with van der Waals surface area (Å²) in [5, 5.41) is 10.0. The summed E-state index contributed by atoms with van der Waals surface area (Å²) in [6, 6.07) is 0. The molecule has 1 saturated heterocycles. The topological polar surface area (TPSA) is 50.7 Å². The van der Waals surface area contributed by atoms with Gasteiger partial charge in [0.15, 0.2) is 5.79 Å². The lowest BCUT2D eigenvalue weighted by Gasteiger charge is -2.39. The highest BCUT2D eigenvalue weighted by atomic mass is 16.9. The lowest BCUT2D eigenvalue weighted by Crippen LogP contribution is -2.43. The van der Waals surface area contributed by atoms with Crippen LogP contribution in [0.5, 0.6) is 0 Å². The fourth-order valence-corrected chi connectivity index (χ4v) is 3.72. The van der Waals surface area contributed by atoms with Crippen LogP contribution in [0.15, 0.2) is 0 Å². The van der Waals surface area contributed by atoms with E-state index in [0.29, 0.717) is 17.8 Å². The molecule has 3 aliphatic rings. The van der Waals surface area contributed by atoms with E-state index >= 15 is 0 Å². The van der Waals surface area contributed by atoms with Crippen molar-refractivity contribution in [2.45, 2.75) is 57.6 Å². The lowest BCUT2D eigenvalue weighted by molar-refractivity contribution is -0.225. The first-order valence-electron chi connectivity index (χ1n) is 6.24. The standard InChI is InChI=1S/C12H21NO3/c1-7-8-4-10(14)9(7)6-12(5-8)15-11(2,3)13-16-12/h7-10,13-14H,4-6H2,1-3H3. The Balaban J connectivity index is 1.82. The minimum atomic E-state index is -0.497. The van der Waals surface area contributed by atoms with Crippen LogP contribution in [0, 0.1) is 17.8 Å². The zero-order valence-corrected chi connectivity index (χ0v) is 10.2. The molecule has 0 amide bonds.